The number of carbonyl (C=O) groups excluding carboxylic acids is 1. The van der Waals surface area contributed by atoms with E-state index in [-0.39, 0.29) is 23.5 Å². The third-order valence-electron chi connectivity index (χ3n) is 5.39. The number of hydrogen-bond acceptors (Lipinski definition) is 5. The van der Waals surface area contributed by atoms with Crippen molar-refractivity contribution in [2.24, 2.45) is 0 Å². The molecule has 1 amide bonds. The summed E-state index contributed by atoms with van der Waals surface area (Å²) in [6, 6.07) is 10.7. The van der Waals surface area contributed by atoms with Crippen LogP contribution >= 0.6 is 0 Å². The second-order valence-corrected chi connectivity index (χ2v) is 7.45. The van der Waals surface area contributed by atoms with E-state index in [1.54, 1.807) is 20.3 Å². The van der Waals surface area contributed by atoms with Crippen LogP contribution in [0, 0.1) is 5.82 Å². The molecule has 0 saturated carbocycles. The number of benzene rings is 2. The topological polar surface area (TPSA) is 60.0 Å². The number of carbonyl (C=O) groups is 1. The second-order valence-electron chi connectivity index (χ2n) is 7.45. The summed E-state index contributed by atoms with van der Waals surface area (Å²) in [6.07, 6.45) is 2.04. The largest absolute Gasteiger partial charge is 0.494 e. The summed E-state index contributed by atoms with van der Waals surface area (Å²) in [7, 11) is 4.62. The van der Waals surface area contributed by atoms with Gasteiger partial charge in [-0.25, -0.2) is 4.39 Å². The van der Waals surface area contributed by atoms with Crippen LogP contribution in [0.15, 0.2) is 36.4 Å². The highest BCUT2D eigenvalue weighted by atomic mass is 19.1. The number of piperidine rings is 1. The molecule has 1 saturated heterocycles. The van der Waals surface area contributed by atoms with Crippen molar-refractivity contribution in [3.05, 3.63) is 53.3 Å². The summed E-state index contributed by atoms with van der Waals surface area (Å²) >= 11 is 0. The van der Waals surface area contributed by atoms with Gasteiger partial charge in [0.25, 0.3) is 0 Å². The van der Waals surface area contributed by atoms with E-state index in [1.807, 2.05) is 24.3 Å². The Morgan fingerprint density at radius 3 is 2.23 bits per heavy atom. The second kappa shape index (κ2) is 10.3. The van der Waals surface area contributed by atoms with Crippen LogP contribution in [0.5, 0.6) is 17.2 Å². The Kier molecular flexibility index (Phi) is 7.52. The Bertz CT molecular complexity index is 866. The lowest BCUT2D eigenvalue weighted by molar-refractivity contribution is -0.121. The van der Waals surface area contributed by atoms with Gasteiger partial charge in [0, 0.05) is 25.7 Å². The number of ether oxygens (including phenoxy) is 3. The van der Waals surface area contributed by atoms with E-state index in [4.69, 9.17) is 14.2 Å². The van der Waals surface area contributed by atoms with Crippen LogP contribution in [-0.4, -0.2) is 51.3 Å². The summed E-state index contributed by atoms with van der Waals surface area (Å²) in [5.41, 5.74) is 1.80. The van der Waals surface area contributed by atoms with Gasteiger partial charge in [0.1, 0.15) is 0 Å². The molecular weight excluding hydrogens is 387 g/mol. The number of halogens is 1. The first kappa shape index (κ1) is 21.9. The van der Waals surface area contributed by atoms with Crippen LogP contribution in [0.1, 0.15) is 24.0 Å². The van der Waals surface area contributed by atoms with E-state index in [2.05, 4.69) is 10.2 Å². The molecular formula is C23H29FN2O4. The highest BCUT2D eigenvalue weighted by Crippen LogP contribution is 2.27. The number of hydrogen-bond donors (Lipinski definition) is 1. The monoisotopic (exact) mass is 416 g/mol. The predicted octanol–water partition coefficient (Wildman–Crippen LogP) is 3.17. The minimum Gasteiger partial charge on any atom is -0.494 e. The molecule has 6 nitrogen and oxygen atoms in total. The lowest BCUT2D eigenvalue weighted by atomic mass is 10.0. The molecule has 1 fully saturated rings. The summed E-state index contributed by atoms with van der Waals surface area (Å²) in [5, 5.41) is 3.13. The van der Waals surface area contributed by atoms with Crippen molar-refractivity contribution in [2.45, 2.75) is 31.8 Å². The van der Waals surface area contributed by atoms with Crippen molar-refractivity contribution in [3.63, 3.8) is 0 Å². The van der Waals surface area contributed by atoms with Crippen molar-refractivity contribution in [1.29, 1.82) is 0 Å². The van der Waals surface area contributed by atoms with Crippen molar-refractivity contribution >= 4 is 5.91 Å². The van der Waals surface area contributed by atoms with Gasteiger partial charge in [-0.05, 0) is 48.2 Å². The molecule has 0 aliphatic carbocycles. The molecule has 0 radical (unpaired) electrons. The number of nitrogens with one attached hydrogen (secondary N) is 1. The summed E-state index contributed by atoms with van der Waals surface area (Å²) in [6.45, 7) is 2.40. The van der Waals surface area contributed by atoms with Gasteiger partial charge in [0.05, 0.1) is 27.8 Å². The van der Waals surface area contributed by atoms with Gasteiger partial charge in [-0.15, -0.1) is 0 Å². The van der Waals surface area contributed by atoms with E-state index >= 15 is 0 Å². The van der Waals surface area contributed by atoms with Crippen LogP contribution in [0.3, 0.4) is 0 Å². The average molecular weight is 416 g/mol. The van der Waals surface area contributed by atoms with Gasteiger partial charge in [0.15, 0.2) is 23.1 Å². The van der Waals surface area contributed by atoms with E-state index in [1.165, 1.54) is 13.2 Å². The summed E-state index contributed by atoms with van der Waals surface area (Å²) < 4.78 is 29.4. The number of methoxy groups -OCH3 is 3. The van der Waals surface area contributed by atoms with Crippen molar-refractivity contribution < 1.29 is 23.4 Å². The van der Waals surface area contributed by atoms with Crippen LogP contribution in [0.4, 0.5) is 4.39 Å². The van der Waals surface area contributed by atoms with Gasteiger partial charge >= 0.3 is 0 Å². The standard InChI is InChI=1S/C23H29FN2O4/c1-28-20-6-5-17(12-19(20)24)15-26-10-8-18(9-11-26)25-23(27)14-16-4-7-21(29-2)22(13-16)30-3/h4-7,12-13,18H,8-11,14-15H2,1-3H3,(H,25,27). The first-order chi connectivity index (χ1) is 14.5. The normalized spacial score (nSPS) is 14.9. The van der Waals surface area contributed by atoms with Crippen molar-refractivity contribution in [3.8, 4) is 17.2 Å². The quantitative estimate of drug-likeness (QED) is 0.716. The Morgan fingerprint density at radius 2 is 1.60 bits per heavy atom. The van der Waals surface area contributed by atoms with Crippen molar-refractivity contribution in [1.82, 2.24) is 10.2 Å². The Morgan fingerprint density at radius 1 is 0.967 bits per heavy atom. The zero-order valence-electron chi connectivity index (χ0n) is 17.7. The first-order valence-corrected chi connectivity index (χ1v) is 10.1. The maximum atomic E-state index is 13.9. The Hall–Kier alpha value is -2.80. The van der Waals surface area contributed by atoms with Gasteiger partial charge < -0.3 is 19.5 Å². The molecule has 2 aromatic rings. The van der Waals surface area contributed by atoms with Crippen molar-refractivity contribution in [2.75, 3.05) is 34.4 Å². The van der Waals surface area contributed by atoms with Gasteiger partial charge in [0.2, 0.25) is 5.91 Å². The molecule has 1 aliphatic rings. The third kappa shape index (κ3) is 5.63. The zero-order valence-corrected chi connectivity index (χ0v) is 17.7. The molecule has 1 heterocycles. The summed E-state index contributed by atoms with van der Waals surface area (Å²) in [5.74, 6) is 1.18. The highest BCUT2D eigenvalue weighted by Gasteiger charge is 2.21. The molecule has 2 aromatic carbocycles. The molecule has 30 heavy (non-hydrogen) atoms. The van der Waals surface area contributed by atoms with E-state index < -0.39 is 0 Å². The smallest absolute Gasteiger partial charge is 0.224 e. The van der Waals surface area contributed by atoms with E-state index in [9.17, 15) is 9.18 Å². The minimum absolute atomic E-state index is 0.00195. The zero-order chi connectivity index (χ0) is 21.5. The van der Waals surface area contributed by atoms with Gasteiger partial charge in [-0.1, -0.05) is 12.1 Å². The predicted molar refractivity (Wildman–Crippen MR) is 113 cm³/mol. The fourth-order valence-electron chi connectivity index (χ4n) is 3.76. The average Bonchev–Trinajstić information content (AvgIpc) is 2.75. The molecule has 7 heteroatoms. The lowest BCUT2D eigenvalue weighted by Gasteiger charge is -2.32. The fourth-order valence-corrected chi connectivity index (χ4v) is 3.76. The molecule has 0 aromatic heterocycles. The van der Waals surface area contributed by atoms with E-state index in [0.29, 0.717) is 24.5 Å². The molecule has 0 atom stereocenters. The number of rotatable bonds is 8. The SMILES string of the molecule is COc1ccc(CN2CCC(NC(=O)Cc3ccc(OC)c(OC)c3)CC2)cc1F. The third-order valence-corrected chi connectivity index (χ3v) is 5.39. The fraction of sp³-hybridized carbons (Fsp3) is 0.435. The van der Waals surface area contributed by atoms with Gasteiger partial charge in [-0.3, -0.25) is 9.69 Å². The maximum Gasteiger partial charge on any atom is 0.224 e. The van der Waals surface area contributed by atoms with E-state index in [0.717, 1.165) is 37.1 Å². The van der Waals surface area contributed by atoms with Gasteiger partial charge in [-0.2, -0.15) is 0 Å². The first-order valence-electron chi connectivity index (χ1n) is 10.1. The lowest BCUT2D eigenvalue weighted by Crippen LogP contribution is -2.44. The van der Waals surface area contributed by atoms with Crippen LogP contribution in [0.2, 0.25) is 0 Å². The molecule has 0 spiro atoms. The number of amides is 1. The maximum absolute atomic E-state index is 13.9. The molecule has 1 N–H and O–H groups in total. The Labute approximate surface area is 176 Å². The molecule has 162 valence electrons. The molecule has 3 rings (SSSR count). The summed E-state index contributed by atoms with van der Waals surface area (Å²) in [4.78, 5) is 14.7. The van der Waals surface area contributed by atoms with Crippen LogP contribution in [0.25, 0.3) is 0 Å². The molecule has 1 aliphatic heterocycles. The molecule has 0 bridgehead atoms. The van der Waals surface area contributed by atoms with Crippen LogP contribution < -0.4 is 19.5 Å². The highest BCUT2D eigenvalue weighted by molar-refractivity contribution is 5.79. The number of nitrogens with zero attached hydrogens (tertiary/aromatic N) is 1. The Balaban J connectivity index is 1.46. The minimum atomic E-state index is -0.340. The number of likely N-dealkylation sites (tertiary alicyclic amines) is 1. The van der Waals surface area contributed by atoms with Crippen LogP contribution in [-0.2, 0) is 17.8 Å². The molecule has 0 unspecified atom stereocenters.